The standard InChI is InChI=1S/C29H37NO/c1-23(30-21-20-27-12-7-11-26-10-5-6-13-29(26)27)14-15-24-16-18-28(19-17-24)31-22-25-8-3-2-4-9-25/h5-7,10-13,16-19,23,25,30H,2-4,8-9,14-15,20-22H2,1H3. The molecule has 0 aliphatic heterocycles. The normalized spacial score (nSPS) is 15.8. The Balaban J connectivity index is 1.17. The number of aryl methyl sites for hydroxylation is 1. The van der Waals surface area contributed by atoms with E-state index in [0.29, 0.717) is 6.04 Å². The van der Waals surface area contributed by atoms with Gasteiger partial charge in [0, 0.05) is 6.04 Å². The number of rotatable bonds is 10. The van der Waals surface area contributed by atoms with Crippen LogP contribution in [0, 0.1) is 5.92 Å². The van der Waals surface area contributed by atoms with Gasteiger partial charge in [0.15, 0.2) is 0 Å². The molecule has 0 radical (unpaired) electrons. The molecule has 0 aromatic heterocycles. The van der Waals surface area contributed by atoms with Gasteiger partial charge < -0.3 is 10.1 Å². The summed E-state index contributed by atoms with van der Waals surface area (Å²) in [4.78, 5) is 0. The van der Waals surface area contributed by atoms with Crippen molar-refractivity contribution < 1.29 is 4.74 Å². The van der Waals surface area contributed by atoms with Gasteiger partial charge in [0.25, 0.3) is 0 Å². The van der Waals surface area contributed by atoms with Crippen LogP contribution in [0.3, 0.4) is 0 Å². The number of ether oxygens (including phenoxy) is 1. The van der Waals surface area contributed by atoms with Crippen molar-refractivity contribution in [1.82, 2.24) is 5.32 Å². The van der Waals surface area contributed by atoms with Gasteiger partial charge in [0.2, 0.25) is 0 Å². The monoisotopic (exact) mass is 415 g/mol. The Bertz CT molecular complexity index is 922. The van der Waals surface area contributed by atoms with Gasteiger partial charge >= 0.3 is 0 Å². The SMILES string of the molecule is CC(CCc1ccc(OCC2CCCCC2)cc1)NCCc1cccc2ccccc12. The molecule has 3 aromatic rings. The van der Waals surface area contributed by atoms with E-state index in [1.54, 1.807) is 0 Å². The Labute approximate surface area is 188 Å². The van der Waals surface area contributed by atoms with Crippen molar-refractivity contribution in [3.63, 3.8) is 0 Å². The number of hydrogen-bond donors (Lipinski definition) is 1. The van der Waals surface area contributed by atoms with Crippen LogP contribution in [-0.4, -0.2) is 19.2 Å². The lowest BCUT2D eigenvalue weighted by Gasteiger charge is -2.21. The first-order valence-corrected chi connectivity index (χ1v) is 12.2. The summed E-state index contributed by atoms with van der Waals surface area (Å²) < 4.78 is 6.04. The third-order valence-corrected chi connectivity index (χ3v) is 6.77. The van der Waals surface area contributed by atoms with E-state index in [1.807, 2.05) is 0 Å². The van der Waals surface area contributed by atoms with Gasteiger partial charge in [0.05, 0.1) is 6.61 Å². The molecule has 3 aromatic carbocycles. The number of hydrogen-bond acceptors (Lipinski definition) is 2. The van der Waals surface area contributed by atoms with Crippen molar-refractivity contribution >= 4 is 10.8 Å². The summed E-state index contributed by atoms with van der Waals surface area (Å²) in [6.45, 7) is 4.20. The van der Waals surface area contributed by atoms with Gasteiger partial charge in [-0.25, -0.2) is 0 Å². The maximum Gasteiger partial charge on any atom is 0.119 e. The Morgan fingerprint density at radius 2 is 1.65 bits per heavy atom. The highest BCUT2D eigenvalue weighted by Crippen LogP contribution is 2.25. The largest absolute Gasteiger partial charge is 0.493 e. The molecule has 1 atom stereocenters. The smallest absolute Gasteiger partial charge is 0.119 e. The second-order valence-corrected chi connectivity index (χ2v) is 9.24. The molecule has 1 unspecified atom stereocenters. The fraction of sp³-hybridized carbons (Fsp3) is 0.448. The van der Waals surface area contributed by atoms with Crippen molar-refractivity contribution in [2.24, 2.45) is 5.92 Å². The summed E-state index contributed by atoms with van der Waals surface area (Å²) in [5.41, 5.74) is 2.83. The van der Waals surface area contributed by atoms with Gasteiger partial charge in [-0.3, -0.25) is 0 Å². The first-order chi connectivity index (χ1) is 15.3. The number of benzene rings is 3. The van der Waals surface area contributed by atoms with Gasteiger partial charge in [-0.2, -0.15) is 0 Å². The van der Waals surface area contributed by atoms with E-state index in [1.165, 1.54) is 54.0 Å². The fourth-order valence-electron chi connectivity index (χ4n) is 4.77. The molecule has 1 aliphatic carbocycles. The molecular weight excluding hydrogens is 378 g/mol. The van der Waals surface area contributed by atoms with Crippen molar-refractivity contribution in [3.8, 4) is 5.75 Å². The second kappa shape index (κ2) is 11.3. The third kappa shape index (κ3) is 6.58. The Morgan fingerprint density at radius 1 is 0.871 bits per heavy atom. The topological polar surface area (TPSA) is 21.3 Å². The first-order valence-electron chi connectivity index (χ1n) is 12.2. The van der Waals surface area contributed by atoms with Gasteiger partial charge in [-0.15, -0.1) is 0 Å². The molecule has 1 saturated carbocycles. The van der Waals surface area contributed by atoms with Crippen LogP contribution in [0.4, 0.5) is 0 Å². The highest BCUT2D eigenvalue weighted by Gasteiger charge is 2.14. The molecule has 0 spiro atoms. The minimum absolute atomic E-state index is 0.511. The summed E-state index contributed by atoms with van der Waals surface area (Å²) in [6.07, 6.45) is 10.2. The molecule has 0 bridgehead atoms. The van der Waals surface area contributed by atoms with Gasteiger partial charge in [-0.1, -0.05) is 73.9 Å². The molecule has 164 valence electrons. The molecule has 4 rings (SSSR count). The highest BCUT2D eigenvalue weighted by molar-refractivity contribution is 5.85. The van der Waals surface area contributed by atoms with Gasteiger partial charge in [-0.05, 0) is 85.5 Å². The van der Waals surface area contributed by atoms with Gasteiger partial charge in [0.1, 0.15) is 5.75 Å². The van der Waals surface area contributed by atoms with Crippen LogP contribution < -0.4 is 10.1 Å². The summed E-state index contributed by atoms with van der Waals surface area (Å²) in [5, 5.41) is 6.42. The zero-order chi connectivity index (χ0) is 21.3. The first kappa shape index (κ1) is 21.9. The quantitative estimate of drug-likeness (QED) is 0.387. The summed E-state index contributed by atoms with van der Waals surface area (Å²) in [5.74, 6) is 1.78. The lowest BCUT2D eigenvalue weighted by atomic mass is 9.90. The van der Waals surface area contributed by atoms with E-state index in [9.17, 15) is 0 Å². The minimum Gasteiger partial charge on any atom is -0.493 e. The maximum absolute atomic E-state index is 6.04. The van der Waals surface area contributed by atoms with Crippen molar-refractivity contribution in [1.29, 1.82) is 0 Å². The predicted molar refractivity (Wildman–Crippen MR) is 132 cm³/mol. The van der Waals surface area contributed by atoms with E-state index >= 15 is 0 Å². The Hall–Kier alpha value is -2.32. The third-order valence-electron chi connectivity index (χ3n) is 6.77. The predicted octanol–water partition coefficient (Wildman–Crippen LogP) is 6.95. The summed E-state index contributed by atoms with van der Waals surface area (Å²) >= 11 is 0. The van der Waals surface area contributed by atoms with Crippen LogP contribution in [0.25, 0.3) is 10.8 Å². The zero-order valence-electron chi connectivity index (χ0n) is 19.0. The van der Waals surface area contributed by atoms with Crippen molar-refractivity contribution in [2.45, 2.75) is 64.3 Å². The van der Waals surface area contributed by atoms with Crippen LogP contribution >= 0.6 is 0 Å². The van der Waals surface area contributed by atoms with E-state index in [-0.39, 0.29) is 0 Å². The lowest BCUT2D eigenvalue weighted by molar-refractivity contribution is 0.209. The van der Waals surface area contributed by atoms with E-state index in [4.69, 9.17) is 4.74 Å². The van der Waals surface area contributed by atoms with Crippen LogP contribution in [0.5, 0.6) is 5.75 Å². The molecule has 0 saturated heterocycles. The Kier molecular flexibility index (Phi) is 8.01. The van der Waals surface area contributed by atoms with Crippen LogP contribution in [0.15, 0.2) is 66.7 Å². The Morgan fingerprint density at radius 3 is 2.48 bits per heavy atom. The fourth-order valence-corrected chi connectivity index (χ4v) is 4.77. The lowest BCUT2D eigenvalue weighted by Crippen LogP contribution is -2.28. The molecule has 2 nitrogen and oxygen atoms in total. The average Bonchev–Trinajstić information content (AvgIpc) is 2.83. The van der Waals surface area contributed by atoms with E-state index < -0.39 is 0 Å². The summed E-state index contributed by atoms with van der Waals surface area (Å²) in [7, 11) is 0. The van der Waals surface area contributed by atoms with Crippen LogP contribution in [0.1, 0.15) is 56.6 Å². The second-order valence-electron chi connectivity index (χ2n) is 9.24. The zero-order valence-corrected chi connectivity index (χ0v) is 19.0. The van der Waals surface area contributed by atoms with Crippen molar-refractivity contribution in [2.75, 3.05) is 13.2 Å². The minimum atomic E-state index is 0.511. The maximum atomic E-state index is 6.04. The van der Waals surface area contributed by atoms with Crippen LogP contribution in [0.2, 0.25) is 0 Å². The summed E-state index contributed by atoms with van der Waals surface area (Å²) in [6, 6.07) is 24.6. The molecule has 2 heteroatoms. The number of nitrogens with one attached hydrogen (secondary N) is 1. The highest BCUT2D eigenvalue weighted by atomic mass is 16.5. The average molecular weight is 416 g/mol. The van der Waals surface area contributed by atoms with E-state index in [0.717, 1.165) is 44.1 Å². The van der Waals surface area contributed by atoms with Crippen molar-refractivity contribution in [3.05, 3.63) is 77.9 Å². The molecule has 1 aliphatic rings. The molecule has 31 heavy (non-hydrogen) atoms. The van der Waals surface area contributed by atoms with E-state index in [2.05, 4.69) is 79.0 Å². The molecule has 0 heterocycles. The van der Waals surface area contributed by atoms with Crippen LogP contribution in [-0.2, 0) is 12.8 Å². The molecular formula is C29H37NO. The molecule has 0 amide bonds. The number of fused-ring (bicyclic) bond motifs is 1. The molecule has 1 N–H and O–H groups in total. The molecule has 1 fully saturated rings.